The van der Waals surface area contributed by atoms with Crippen molar-refractivity contribution in [3.05, 3.63) is 58.5 Å². The first-order chi connectivity index (χ1) is 17.0. The van der Waals surface area contributed by atoms with Gasteiger partial charge in [-0.2, -0.15) is 10.2 Å². The first-order valence-electron chi connectivity index (χ1n) is 12.2. The number of rotatable bonds is 5. The number of carbonyl (C=O) groups is 1. The molecular formula is C27H32N6O2. The highest BCUT2D eigenvalue weighted by Crippen LogP contribution is 2.36. The summed E-state index contributed by atoms with van der Waals surface area (Å²) in [5.41, 5.74) is 8.35. The van der Waals surface area contributed by atoms with Gasteiger partial charge in [-0.3, -0.25) is 19.2 Å². The predicted molar refractivity (Wildman–Crippen MR) is 137 cm³/mol. The molecule has 35 heavy (non-hydrogen) atoms. The standard InChI is InChI=1S/C27H32N6O2/c1-18-20(14-25(28-3)21-15-29-31(4)16-21)6-5-7-23(18)27-24-17-32(19(2)34)11-8-26(24)33(30-27)22-9-12-35-13-10-22/h5-7,14-16,22H,3,8-13,17H2,1-2,4H3/b25-14-. The monoisotopic (exact) mass is 472 g/mol. The van der Waals surface area contributed by atoms with Crippen LogP contribution in [0.1, 0.15) is 53.8 Å². The van der Waals surface area contributed by atoms with Gasteiger partial charge in [0.1, 0.15) is 0 Å². The molecule has 0 N–H and O–H groups in total. The minimum absolute atomic E-state index is 0.104. The third-order valence-corrected chi connectivity index (χ3v) is 7.16. The van der Waals surface area contributed by atoms with Crippen molar-refractivity contribution in [3.63, 3.8) is 0 Å². The lowest BCUT2D eigenvalue weighted by Crippen LogP contribution is -2.35. The van der Waals surface area contributed by atoms with Gasteiger partial charge in [0.2, 0.25) is 5.91 Å². The first kappa shape index (κ1) is 23.2. The molecule has 0 spiro atoms. The Morgan fingerprint density at radius 3 is 2.77 bits per heavy atom. The number of carbonyl (C=O) groups excluding carboxylic acids is 1. The van der Waals surface area contributed by atoms with Gasteiger partial charge in [-0.05, 0) is 43.7 Å². The van der Waals surface area contributed by atoms with Gasteiger partial charge in [0.25, 0.3) is 0 Å². The van der Waals surface area contributed by atoms with Crippen LogP contribution in [0.2, 0.25) is 0 Å². The minimum atomic E-state index is 0.104. The van der Waals surface area contributed by atoms with Crippen LogP contribution >= 0.6 is 0 Å². The Morgan fingerprint density at radius 2 is 2.09 bits per heavy atom. The van der Waals surface area contributed by atoms with E-state index in [4.69, 9.17) is 9.84 Å². The van der Waals surface area contributed by atoms with E-state index in [1.807, 2.05) is 24.2 Å². The van der Waals surface area contributed by atoms with E-state index in [0.29, 0.717) is 12.6 Å². The van der Waals surface area contributed by atoms with Crippen molar-refractivity contribution in [2.45, 2.75) is 45.7 Å². The number of aromatic nitrogens is 4. The third kappa shape index (κ3) is 4.46. The quantitative estimate of drug-likeness (QED) is 0.525. The molecule has 0 bridgehead atoms. The van der Waals surface area contributed by atoms with E-state index in [0.717, 1.165) is 78.2 Å². The van der Waals surface area contributed by atoms with Crippen LogP contribution in [0.25, 0.3) is 23.0 Å². The first-order valence-corrected chi connectivity index (χ1v) is 12.2. The van der Waals surface area contributed by atoms with Crippen molar-refractivity contribution in [1.29, 1.82) is 0 Å². The second kappa shape index (κ2) is 9.62. The zero-order chi connectivity index (χ0) is 24.5. The smallest absolute Gasteiger partial charge is 0.219 e. The van der Waals surface area contributed by atoms with Crippen LogP contribution in [-0.4, -0.2) is 56.8 Å². The number of amides is 1. The van der Waals surface area contributed by atoms with Gasteiger partial charge >= 0.3 is 0 Å². The summed E-state index contributed by atoms with van der Waals surface area (Å²) >= 11 is 0. The summed E-state index contributed by atoms with van der Waals surface area (Å²) in [7, 11) is 1.89. The molecule has 1 saturated heterocycles. The second-order valence-corrected chi connectivity index (χ2v) is 9.36. The maximum absolute atomic E-state index is 12.2. The molecule has 3 aromatic rings. The molecule has 8 heteroatoms. The van der Waals surface area contributed by atoms with E-state index in [1.165, 1.54) is 5.69 Å². The van der Waals surface area contributed by atoms with Crippen LogP contribution in [-0.2, 0) is 29.5 Å². The molecule has 0 atom stereocenters. The number of aryl methyl sites for hydroxylation is 1. The molecule has 8 nitrogen and oxygen atoms in total. The van der Waals surface area contributed by atoms with Gasteiger partial charge in [0.15, 0.2) is 0 Å². The fourth-order valence-corrected chi connectivity index (χ4v) is 5.15. The number of fused-ring (bicyclic) bond motifs is 1. The number of nitrogens with zero attached hydrogens (tertiary/aromatic N) is 6. The summed E-state index contributed by atoms with van der Waals surface area (Å²) in [4.78, 5) is 18.4. The molecule has 2 aromatic heterocycles. The van der Waals surface area contributed by atoms with Gasteiger partial charge in [-0.1, -0.05) is 18.2 Å². The zero-order valence-corrected chi connectivity index (χ0v) is 20.7. The lowest BCUT2D eigenvalue weighted by Gasteiger charge is -2.29. The van der Waals surface area contributed by atoms with E-state index in [-0.39, 0.29) is 5.91 Å². The molecule has 5 rings (SSSR count). The molecule has 182 valence electrons. The Bertz CT molecular complexity index is 1290. The van der Waals surface area contributed by atoms with Crippen LogP contribution in [0.4, 0.5) is 0 Å². The molecule has 0 aliphatic carbocycles. The van der Waals surface area contributed by atoms with Crippen LogP contribution in [0, 0.1) is 6.92 Å². The Labute approximate surface area is 205 Å². The van der Waals surface area contributed by atoms with Crippen LogP contribution in [0.3, 0.4) is 0 Å². The normalized spacial score (nSPS) is 16.9. The molecule has 2 aliphatic rings. The fraction of sp³-hybridized carbons (Fsp3) is 0.407. The van der Waals surface area contributed by atoms with Crippen LogP contribution < -0.4 is 0 Å². The van der Waals surface area contributed by atoms with Crippen molar-refractivity contribution in [2.24, 2.45) is 12.0 Å². The lowest BCUT2D eigenvalue weighted by molar-refractivity contribution is -0.129. The topological polar surface area (TPSA) is 77.5 Å². The predicted octanol–water partition coefficient (Wildman–Crippen LogP) is 4.05. The molecule has 1 fully saturated rings. The lowest BCUT2D eigenvalue weighted by atomic mass is 9.94. The highest BCUT2D eigenvalue weighted by atomic mass is 16.5. The third-order valence-electron chi connectivity index (χ3n) is 7.16. The summed E-state index contributed by atoms with van der Waals surface area (Å²) < 4.78 is 9.60. The fourth-order valence-electron chi connectivity index (χ4n) is 5.15. The van der Waals surface area contributed by atoms with E-state index in [1.54, 1.807) is 17.8 Å². The average Bonchev–Trinajstić information content (AvgIpc) is 3.47. The molecule has 0 unspecified atom stereocenters. The van der Waals surface area contributed by atoms with Crippen LogP contribution in [0.15, 0.2) is 35.6 Å². The molecule has 4 heterocycles. The van der Waals surface area contributed by atoms with E-state index in [9.17, 15) is 4.79 Å². The van der Waals surface area contributed by atoms with Crippen molar-refractivity contribution >= 4 is 24.4 Å². The Morgan fingerprint density at radius 1 is 1.29 bits per heavy atom. The highest BCUT2D eigenvalue weighted by molar-refractivity contribution is 5.85. The molecular weight excluding hydrogens is 440 g/mol. The van der Waals surface area contributed by atoms with E-state index >= 15 is 0 Å². The van der Waals surface area contributed by atoms with Crippen molar-refractivity contribution in [1.82, 2.24) is 24.5 Å². The minimum Gasteiger partial charge on any atom is -0.381 e. The second-order valence-electron chi connectivity index (χ2n) is 9.36. The molecule has 1 aromatic carbocycles. The number of hydrogen-bond acceptors (Lipinski definition) is 5. The number of benzene rings is 1. The van der Waals surface area contributed by atoms with Crippen molar-refractivity contribution in [2.75, 3.05) is 19.8 Å². The molecule has 0 radical (unpaired) electrons. The van der Waals surface area contributed by atoms with Crippen molar-refractivity contribution in [3.8, 4) is 11.3 Å². The number of hydrogen-bond donors (Lipinski definition) is 0. The Balaban J connectivity index is 1.60. The summed E-state index contributed by atoms with van der Waals surface area (Å²) in [6.07, 6.45) is 8.52. The van der Waals surface area contributed by atoms with Gasteiger partial charge in [-0.25, -0.2) is 0 Å². The van der Waals surface area contributed by atoms with Crippen molar-refractivity contribution < 1.29 is 9.53 Å². The number of ether oxygens (including phenoxy) is 1. The SMILES string of the molecule is C=N/C(=C\c1cccc(-c2nn(C3CCOCC3)c3c2CN(C(C)=O)CC3)c1C)c1cnn(C)c1. The van der Waals surface area contributed by atoms with Gasteiger partial charge in [0, 0.05) is 75.3 Å². The van der Waals surface area contributed by atoms with Gasteiger partial charge in [-0.15, -0.1) is 0 Å². The summed E-state index contributed by atoms with van der Waals surface area (Å²) in [5, 5.41) is 9.46. The maximum atomic E-state index is 12.2. The molecule has 1 amide bonds. The number of aliphatic imine (C=N–C) groups is 1. The summed E-state index contributed by atoms with van der Waals surface area (Å²) in [5.74, 6) is 0.104. The maximum Gasteiger partial charge on any atom is 0.219 e. The zero-order valence-electron chi connectivity index (χ0n) is 20.7. The Kier molecular flexibility index (Phi) is 6.38. The molecule has 2 aliphatic heterocycles. The van der Waals surface area contributed by atoms with Gasteiger partial charge < -0.3 is 9.64 Å². The molecule has 0 saturated carbocycles. The van der Waals surface area contributed by atoms with E-state index < -0.39 is 0 Å². The summed E-state index contributed by atoms with van der Waals surface area (Å²) in [6.45, 7) is 10.4. The summed E-state index contributed by atoms with van der Waals surface area (Å²) in [6, 6.07) is 6.61. The van der Waals surface area contributed by atoms with Crippen LogP contribution in [0.5, 0.6) is 0 Å². The van der Waals surface area contributed by atoms with Gasteiger partial charge in [0.05, 0.1) is 23.6 Å². The van der Waals surface area contributed by atoms with E-state index in [2.05, 4.69) is 46.6 Å². The average molecular weight is 473 g/mol. The highest BCUT2D eigenvalue weighted by Gasteiger charge is 2.30. The largest absolute Gasteiger partial charge is 0.381 e. The Hall–Kier alpha value is -3.52.